The molecule has 0 aliphatic heterocycles. The van der Waals surface area contributed by atoms with Gasteiger partial charge in [0.25, 0.3) is 5.56 Å². The number of hydrogen-bond acceptors (Lipinski definition) is 3. The monoisotopic (exact) mass is 332 g/mol. The fraction of sp³-hybridized carbons (Fsp3) is 0.100. The van der Waals surface area contributed by atoms with Crippen LogP contribution in [-0.2, 0) is 4.74 Å². The maximum atomic E-state index is 12.8. The van der Waals surface area contributed by atoms with Crippen molar-refractivity contribution in [2.75, 3.05) is 6.61 Å². The lowest BCUT2D eigenvalue weighted by Gasteiger charge is -2.04. The van der Waals surface area contributed by atoms with E-state index in [1.807, 2.05) is 54.6 Å². The molecule has 2 N–H and O–H groups in total. The molecule has 2 aromatic heterocycles. The second-order valence-electron chi connectivity index (χ2n) is 5.71. The first-order valence-corrected chi connectivity index (χ1v) is 8.10. The van der Waals surface area contributed by atoms with Crippen LogP contribution < -0.4 is 5.56 Å². The van der Waals surface area contributed by atoms with Gasteiger partial charge in [-0.25, -0.2) is 4.79 Å². The van der Waals surface area contributed by atoms with Gasteiger partial charge in [0.15, 0.2) is 0 Å². The quantitative estimate of drug-likeness (QED) is 0.560. The summed E-state index contributed by atoms with van der Waals surface area (Å²) < 4.78 is 5.19. The second-order valence-corrected chi connectivity index (χ2v) is 5.71. The number of benzene rings is 2. The number of H-pyrrole nitrogens is 2. The van der Waals surface area contributed by atoms with Crippen LogP contribution in [0.5, 0.6) is 0 Å². The van der Waals surface area contributed by atoms with Gasteiger partial charge in [-0.3, -0.25) is 4.79 Å². The molecule has 0 atom stereocenters. The minimum absolute atomic E-state index is 0.237. The summed E-state index contributed by atoms with van der Waals surface area (Å²) in [5.41, 5.74) is 2.78. The third-order valence-corrected chi connectivity index (χ3v) is 4.21. The van der Waals surface area contributed by atoms with Crippen LogP contribution in [0.4, 0.5) is 0 Å². The number of esters is 1. The molecule has 0 bridgehead atoms. The Labute approximate surface area is 143 Å². The highest BCUT2D eigenvalue weighted by Gasteiger charge is 2.23. The highest BCUT2D eigenvalue weighted by Crippen LogP contribution is 2.33. The summed E-state index contributed by atoms with van der Waals surface area (Å²) >= 11 is 0. The Morgan fingerprint density at radius 1 is 1.00 bits per heavy atom. The standard InChI is InChI=1S/C20H16N2O3/c1-2-25-20(24)18-15(12-8-4-3-5-9-12)16-17(22-18)13-10-6-7-11-14(13)21-19(16)23/h3-11,22H,2H2,1H3,(H,21,23). The summed E-state index contributed by atoms with van der Waals surface area (Å²) in [6, 6.07) is 16.9. The highest BCUT2D eigenvalue weighted by molar-refractivity contribution is 6.14. The molecular weight excluding hydrogens is 316 g/mol. The summed E-state index contributed by atoms with van der Waals surface area (Å²) in [6.45, 7) is 2.02. The molecule has 0 radical (unpaired) electrons. The molecule has 4 aromatic rings. The number of para-hydroxylation sites is 1. The zero-order valence-electron chi connectivity index (χ0n) is 13.6. The van der Waals surface area contributed by atoms with Crippen LogP contribution in [0.15, 0.2) is 59.4 Å². The van der Waals surface area contributed by atoms with Crippen molar-refractivity contribution in [1.29, 1.82) is 0 Å². The Morgan fingerprint density at radius 3 is 2.48 bits per heavy atom. The number of hydrogen-bond donors (Lipinski definition) is 2. The highest BCUT2D eigenvalue weighted by atomic mass is 16.5. The maximum Gasteiger partial charge on any atom is 0.355 e. The third kappa shape index (κ3) is 2.41. The molecule has 0 fully saturated rings. The molecular formula is C20H16N2O3. The molecule has 25 heavy (non-hydrogen) atoms. The minimum atomic E-state index is -0.471. The summed E-state index contributed by atoms with van der Waals surface area (Å²) in [5, 5.41) is 1.32. The molecule has 0 saturated carbocycles. The van der Waals surface area contributed by atoms with Crippen LogP contribution in [0, 0.1) is 0 Å². The number of rotatable bonds is 3. The van der Waals surface area contributed by atoms with E-state index >= 15 is 0 Å². The predicted octanol–water partition coefficient (Wildman–Crippen LogP) is 3.85. The van der Waals surface area contributed by atoms with Crippen molar-refractivity contribution in [2.24, 2.45) is 0 Å². The lowest BCUT2D eigenvalue weighted by atomic mass is 10.0. The normalized spacial score (nSPS) is 11.1. The van der Waals surface area contributed by atoms with E-state index in [1.54, 1.807) is 6.92 Å². The third-order valence-electron chi connectivity index (χ3n) is 4.21. The lowest BCUT2D eigenvalue weighted by molar-refractivity contribution is 0.0521. The SMILES string of the molecule is CCOC(=O)c1[nH]c2c(c1-c1ccccc1)c(=O)[nH]c1ccccc12. The van der Waals surface area contributed by atoms with Crippen LogP contribution in [0.2, 0.25) is 0 Å². The van der Waals surface area contributed by atoms with Gasteiger partial charge in [-0.1, -0.05) is 48.5 Å². The first-order chi connectivity index (χ1) is 12.2. The molecule has 0 aliphatic rings. The molecule has 2 aromatic carbocycles. The van der Waals surface area contributed by atoms with Gasteiger partial charge in [-0.2, -0.15) is 0 Å². The smallest absolute Gasteiger partial charge is 0.355 e. The van der Waals surface area contributed by atoms with Gasteiger partial charge >= 0.3 is 5.97 Å². The summed E-state index contributed by atoms with van der Waals surface area (Å²) in [6.07, 6.45) is 0. The van der Waals surface area contributed by atoms with Crippen molar-refractivity contribution in [3.63, 3.8) is 0 Å². The van der Waals surface area contributed by atoms with Crippen molar-refractivity contribution in [2.45, 2.75) is 6.92 Å². The first kappa shape index (κ1) is 15.2. The van der Waals surface area contributed by atoms with E-state index in [1.165, 1.54) is 0 Å². The van der Waals surface area contributed by atoms with Crippen molar-refractivity contribution in [3.8, 4) is 11.1 Å². The van der Waals surface area contributed by atoms with Gasteiger partial charge < -0.3 is 14.7 Å². The fourth-order valence-electron chi connectivity index (χ4n) is 3.17. The molecule has 2 heterocycles. The van der Waals surface area contributed by atoms with Crippen LogP contribution in [0.25, 0.3) is 32.9 Å². The number of pyridine rings is 1. The zero-order valence-corrected chi connectivity index (χ0v) is 13.6. The van der Waals surface area contributed by atoms with Crippen LogP contribution >= 0.6 is 0 Å². The molecule has 124 valence electrons. The summed E-state index contributed by atoms with van der Waals surface area (Å²) in [4.78, 5) is 31.3. The molecule has 0 aliphatic carbocycles. The van der Waals surface area contributed by atoms with E-state index in [-0.39, 0.29) is 12.2 Å². The van der Waals surface area contributed by atoms with Gasteiger partial charge in [-0.05, 0) is 18.6 Å². The Bertz CT molecular complexity index is 1140. The minimum Gasteiger partial charge on any atom is -0.461 e. The second kappa shape index (κ2) is 5.94. The summed E-state index contributed by atoms with van der Waals surface area (Å²) in [5.74, 6) is -0.471. The Hall–Kier alpha value is -3.34. The van der Waals surface area contributed by atoms with Gasteiger partial charge in [-0.15, -0.1) is 0 Å². The molecule has 5 heteroatoms. The van der Waals surface area contributed by atoms with Crippen molar-refractivity contribution >= 4 is 27.8 Å². The van der Waals surface area contributed by atoms with E-state index in [2.05, 4.69) is 9.97 Å². The van der Waals surface area contributed by atoms with Gasteiger partial charge in [0, 0.05) is 10.9 Å². The molecule has 5 nitrogen and oxygen atoms in total. The fourth-order valence-corrected chi connectivity index (χ4v) is 3.17. The van der Waals surface area contributed by atoms with E-state index in [9.17, 15) is 9.59 Å². The summed E-state index contributed by atoms with van der Waals surface area (Å²) in [7, 11) is 0. The van der Waals surface area contributed by atoms with Gasteiger partial charge in [0.05, 0.1) is 23.0 Å². The van der Waals surface area contributed by atoms with Crippen molar-refractivity contribution in [3.05, 3.63) is 70.6 Å². The Balaban J connectivity index is 2.16. The van der Waals surface area contributed by atoms with Crippen molar-refractivity contribution < 1.29 is 9.53 Å². The molecule has 0 amide bonds. The largest absolute Gasteiger partial charge is 0.461 e. The first-order valence-electron chi connectivity index (χ1n) is 8.10. The number of nitrogens with one attached hydrogen (secondary N) is 2. The van der Waals surface area contributed by atoms with Crippen LogP contribution in [0.3, 0.4) is 0 Å². The lowest BCUT2D eigenvalue weighted by Crippen LogP contribution is -2.08. The average molecular weight is 332 g/mol. The van der Waals surface area contributed by atoms with Crippen LogP contribution in [-0.4, -0.2) is 22.5 Å². The van der Waals surface area contributed by atoms with Gasteiger partial charge in [0.1, 0.15) is 5.69 Å². The van der Waals surface area contributed by atoms with Gasteiger partial charge in [0.2, 0.25) is 0 Å². The predicted molar refractivity (Wildman–Crippen MR) is 97.8 cm³/mol. The number of aromatic nitrogens is 2. The Kier molecular flexibility index (Phi) is 3.61. The number of fused-ring (bicyclic) bond motifs is 3. The number of aromatic amines is 2. The maximum absolute atomic E-state index is 12.8. The average Bonchev–Trinajstić information content (AvgIpc) is 3.04. The number of ether oxygens (including phenoxy) is 1. The van der Waals surface area contributed by atoms with E-state index < -0.39 is 5.97 Å². The molecule has 0 unspecified atom stereocenters. The molecule has 0 spiro atoms. The molecule has 4 rings (SSSR count). The van der Waals surface area contributed by atoms with Crippen LogP contribution in [0.1, 0.15) is 17.4 Å². The van der Waals surface area contributed by atoms with E-state index in [0.29, 0.717) is 22.2 Å². The topological polar surface area (TPSA) is 75.0 Å². The number of carbonyl (C=O) groups is 1. The number of carbonyl (C=O) groups excluding carboxylic acids is 1. The van der Waals surface area contributed by atoms with Crippen molar-refractivity contribution in [1.82, 2.24) is 9.97 Å². The Morgan fingerprint density at radius 2 is 1.72 bits per heavy atom. The van der Waals surface area contributed by atoms with E-state index in [0.717, 1.165) is 16.5 Å². The van der Waals surface area contributed by atoms with E-state index in [4.69, 9.17) is 4.74 Å². The zero-order chi connectivity index (χ0) is 17.4. The molecule has 0 saturated heterocycles.